The van der Waals surface area contributed by atoms with Crippen LogP contribution in [0, 0.1) is 0 Å². The number of nitrogens with one attached hydrogen (secondary N) is 1. The largest absolute Gasteiger partial charge is 0.394 e. The summed E-state index contributed by atoms with van der Waals surface area (Å²) in [7, 11) is 1.62. The second kappa shape index (κ2) is 6.23. The maximum Gasteiger partial charge on any atom is 0.321 e. The number of likely N-dealkylation sites (N-methyl/N-ethyl adjacent to an activating group) is 1. The number of aliphatic hydroxyl groups is 1. The van der Waals surface area contributed by atoms with E-state index < -0.39 is 0 Å². The molecule has 0 saturated carbocycles. The van der Waals surface area contributed by atoms with Crippen LogP contribution in [0.25, 0.3) is 0 Å². The third kappa shape index (κ3) is 3.87. The van der Waals surface area contributed by atoms with Gasteiger partial charge in [-0.25, -0.2) is 4.79 Å². The molecule has 0 aliphatic heterocycles. The molecule has 1 rings (SSSR count). The first-order valence-corrected chi connectivity index (χ1v) is 6.22. The van der Waals surface area contributed by atoms with Crippen molar-refractivity contribution in [1.29, 1.82) is 0 Å². The summed E-state index contributed by atoms with van der Waals surface area (Å²) in [6.45, 7) is 1.68. The van der Waals surface area contributed by atoms with Crippen molar-refractivity contribution in [3.63, 3.8) is 0 Å². The van der Waals surface area contributed by atoms with Crippen molar-refractivity contribution in [2.24, 2.45) is 0 Å². The molecule has 1 aromatic carbocycles. The lowest BCUT2D eigenvalue weighted by Gasteiger charge is -2.23. The Morgan fingerprint density at radius 2 is 2.29 bits per heavy atom. The fourth-order valence-corrected chi connectivity index (χ4v) is 1.54. The van der Waals surface area contributed by atoms with Gasteiger partial charge in [0.2, 0.25) is 0 Å². The van der Waals surface area contributed by atoms with Gasteiger partial charge in [-0.05, 0) is 41.1 Å². The molecular formula is C11H14BrClN2O2. The first-order valence-electron chi connectivity index (χ1n) is 5.05. The smallest absolute Gasteiger partial charge is 0.321 e. The lowest BCUT2D eigenvalue weighted by atomic mass is 10.3. The molecule has 0 radical (unpaired) electrons. The molecule has 1 aromatic rings. The predicted octanol–water partition coefficient (Wildman–Crippen LogP) is 2.95. The molecular weight excluding hydrogens is 307 g/mol. The summed E-state index contributed by atoms with van der Waals surface area (Å²) in [4.78, 5) is 13.2. The summed E-state index contributed by atoms with van der Waals surface area (Å²) in [5.74, 6) is 0. The highest BCUT2D eigenvalue weighted by molar-refractivity contribution is 9.10. The summed E-state index contributed by atoms with van der Waals surface area (Å²) in [5.41, 5.74) is 0.611. The van der Waals surface area contributed by atoms with Gasteiger partial charge in [-0.2, -0.15) is 0 Å². The molecule has 0 bridgehead atoms. The van der Waals surface area contributed by atoms with Gasteiger partial charge >= 0.3 is 6.03 Å². The molecule has 0 heterocycles. The first kappa shape index (κ1) is 14.3. The van der Waals surface area contributed by atoms with Crippen molar-refractivity contribution in [2.45, 2.75) is 13.0 Å². The van der Waals surface area contributed by atoms with Crippen molar-refractivity contribution in [3.8, 4) is 0 Å². The monoisotopic (exact) mass is 320 g/mol. The second-order valence-electron chi connectivity index (χ2n) is 3.70. The Bertz CT molecular complexity index is 414. The summed E-state index contributed by atoms with van der Waals surface area (Å²) >= 11 is 9.19. The third-order valence-corrected chi connectivity index (χ3v) is 3.65. The topological polar surface area (TPSA) is 52.6 Å². The number of rotatable bonds is 3. The van der Waals surface area contributed by atoms with E-state index in [2.05, 4.69) is 21.2 Å². The minimum Gasteiger partial charge on any atom is -0.394 e. The zero-order chi connectivity index (χ0) is 13.0. The van der Waals surface area contributed by atoms with Crippen LogP contribution >= 0.6 is 27.5 Å². The van der Waals surface area contributed by atoms with Crippen LogP contribution in [-0.2, 0) is 0 Å². The zero-order valence-corrected chi connectivity index (χ0v) is 11.9. The molecule has 1 atom stereocenters. The van der Waals surface area contributed by atoms with Crippen molar-refractivity contribution < 1.29 is 9.90 Å². The van der Waals surface area contributed by atoms with Crippen molar-refractivity contribution in [1.82, 2.24) is 4.90 Å². The second-order valence-corrected chi connectivity index (χ2v) is 4.96. The van der Waals surface area contributed by atoms with Crippen LogP contribution in [0.1, 0.15) is 6.92 Å². The van der Waals surface area contributed by atoms with E-state index in [0.29, 0.717) is 10.7 Å². The summed E-state index contributed by atoms with van der Waals surface area (Å²) in [6, 6.07) is 4.63. The molecule has 0 aliphatic carbocycles. The van der Waals surface area contributed by atoms with Crippen molar-refractivity contribution in [2.75, 3.05) is 19.0 Å². The van der Waals surface area contributed by atoms with E-state index in [-0.39, 0.29) is 18.7 Å². The summed E-state index contributed by atoms with van der Waals surface area (Å²) < 4.78 is 0.772. The fourth-order valence-electron chi connectivity index (χ4n) is 1.11. The van der Waals surface area contributed by atoms with Gasteiger partial charge in [0.1, 0.15) is 0 Å². The number of hydrogen-bond acceptors (Lipinski definition) is 2. The average molecular weight is 322 g/mol. The molecule has 2 N–H and O–H groups in total. The van der Waals surface area contributed by atoms with Crippen LogP contribution in [-0.4, -0.2) is 35.7 Å². The number of urea groups is 1. The van der Waals surface area contributed by atoms with Crippen LogP contribution in [0.3, 0.4) is 0 Å². The van der Waals surface area contributed by atoms with Crippen LogP contribution in [0.2, 0.25) is 5.02 Å². The van der Waals surface area contributed by atoms with Gasteiger partial charge in [0.25, 0.3) is 0 Å². The number of hydrogen-bond donors (Lipinski definition) is 2. The maximum absolute atomic E-state index is 11.8. The van der Waals surface area contributed by atoms with Crippen LogP contribution in [0.15, 0.2) is 22.7 Å². The van der Waals surface area contributed by atoms with E-state index in [4.69, 9.17) is 16.7 Å². The predicted molar refractivity (Wildman–Crippen MR) is 72.5 cm³/mol. The van der Waals surface area contributed by atoms with E-state index >= 15 is 0 Å². The van der Waals surface area contributed by atoms with Gasteiger partial charge in [0, 0.05) is 17.2 Å². The zero-order valence-electron chi connectivity index (χ0n) is 9.58. The highest BCUT2D eigenvalue weighted by atomic mass is 79.9. The number of halogens is 2. The Hall–Kier alpha value is -0.780. The van der Waals surface area contributed by atoms with E-state index in [9.17, 15) is 4.79 Å². The molecule has 0 spiro atoms. The van der Waals surface area contributed by atoms with Gasteiger partial charge in [0.05, 0.1) is 17.7 Å². The number of anilines is 1. The number of aliphatic hydroxyl groups excluding tert-OH is 1. The molecule has 0 unspecified atom stereocenters. The highest BCUT2D eigenvalue weighted by Gasteiger charge is 2.14. The normalized spacial score (nSPS) is 12.1. The molecule has 0 aromatic heterocycles. The van der Waals surface area contributed by atoms with Crippen LogP contribution in [0.4, 0.5) is 10.5 Å². The molecule has 2 amide bonds. The number of nitrogens with zero attached hydrogens (tertiary/aromatic N) is 1. The van der Waals surface area contributed by atoms with Crippen molar-refractivity contribution in [3.05, 3.63) is 27.7 Å². The Morgan fingerprint density at radius 3 is 2.82 bits per heavy atom. The molecule has 0 aliphatic rings. The SMILES string of the molecule is C[C@H](CO)N(C)C(=O)Nc1ccc(Br)c(Cl)c1. The standard InChI is InChI=1S/C11H14BrClN2O2/c1-7(6-16)15(2)11(17)14-8-3-4-9(12)10(13)5-8/h3-5,7,16H,6H2,1-2H3,(H,14,17)/t7-/m1/s1. The Kier molecular flexibility index (Phi) is 5.24. The summed E-state index contributed by atoms with van der Waals surface area (Å²) in [6.07, 6.45) is 0. The van der Waals surface area contributed by atoms with Crippen LogP contribution < -0.4 is 5.32 Å². The number of carbonyl (C=O) groups is 1. The van der Waals surface area contributed by atoms with E-state index in [1.807, 2.05) is 0 Å². The minimum atomic E-state index is -0.287. The lowest BCUT2D eigenvalue weighted by molar-refractivity contribution is 0.166. The van der Waals surface area contributed by atoms with Gasteiger partial charge in [-0.3, -0.25) is 0 Å². The molecule has 17 heavy (non-hydrogen) atoms. The molecule has 4 nitrogen and oxygen atoms in total. The first-order chi connectivity index (χ1) is 7.95. The quantitative estimate of drug-likeness (QED) is 0.899. The minimum absolute atomic E-state index is 0.0784. The van der Waals surface area contributed by atoms with E-state index in [1.54, 1.807) is 32.2 Å². The maximum atomic E-state index is 11.8. The number of carbonyl (C=O) groups excluding carboxylic acids is 1. The fraction of sp³-hybridized carbons (Fsp3) is 0.364. The molecule has 0 fully saturated rings. The molecule has 0 saturated heterocycles. The highest BCUT2D eigenvalue weighted by Crippen LogP contribution is 2.25. The molecule has 6 heteroatoms. The van der Waals surface area contributed by atoms with Crippen molar-refractivity contribution >= 4 is 39.2 Å². The molecule has 94 valence electrons. The number of benzene rings is 1. The van der Waals surface area contributed by atoms with Gasteiger partial charge < -0.3 is 15.3 Å². The Labute approximate surface area is 114 Å². The summed E-state index contributed by atoms with van der Waals surface area (Å²) in [5, 5.41) is 12.2. The lowest BCUT2D eigenvalue weighted by Crippen LogP contribution is -2.40. The van der Waals surface area contributed by atoms with Gasteiger partial charge in [-0.15, -0.1) is 0 Å². The van der Waals surface area contributed by atoms with Gasteiger partial charge in [-0.1, -0.05) is 11.6 Å². The average Bonchev–Trinajstić information content (AvgIpc) is 2.31. The van der Waals surface area contributed by atoms with E-state index in [1.165, 1.54) is 4.90 Å². The van der Waals surface area contributed by atoms with E-state index in [0.717, 1.165) is 4.47 Å². The van der Waals surface area contributed by atoms with Gasteiger partial charge in [0.15, 0.2) is 0 Å². The Morgan fingerprint density at radius 1 is 1.65 bits per heavy atom. The number of amides is 2. The third-order valence-electron chi connectivity index (χ3n) is 2.42. The Balaban J connectivity index is 2.71. The van der Waals surface area contributed by atoms with Crippen LogP contribution in [0.5, 0.6) is 0 Å².